The van der Waals surface area contributed by atoms with E-state index >= 15 is 0 Å². The number of carboxylic acids is 1. The van der Waals surface area contributed by atoms with Gasteiger partial charge in [0.1, 0.15) is 23.2 Å². The lowest BCUT2D eigenvalue weighted by Crippen LogP contribution is -2.45. The van der Waals surface area contributed by atoms with E-state index in [4.69, 9.17) is 4.42 Å². The normalized spacial score (nSPS) is 18.1. The van der Waals surface area contributed by atoms with Crippen molar-refractivity contribution in [2.75, 3.05) is 20.1 Å². The molecule has 0 saturated carbocycles. The molecule has 4 rings (SSSR count). The standard InChI is InChI=1S/C26H31F3N2O3/c1-15(2)12-21(25(32)33)30-24(26(27,28)29)18-4-6-19-20-13-17(16-8-10-31(3)11-9-16)5-7-22(20)34-23(19)14-18/h4-7,13-16,21,24,30H,8-12H2,1-3H3,(H,32,33)/t21-,24-/m0/s1. The van der Waals surface area contributed by atoms with Crippen molar-refractivity contribution in [1.29, 1.82) is 0 Å². The highest BCUT2D eigenvalue weighted by Crippen LogP contribution is 2.38. The molecule has 1 aliphatic heterocycles. The van der Waals surface area contributed by atoms with E-state index in [2.05, 4.69) is 23.3 Å². The van der Waals surface area contributed by atoms with Crippen LogP contribution in [0.4, 0.5) is 13.2 Å². The Labute approximate surface area is 196 Å². The first-order valence-corrected chi connectivity index (χ1v) is 11.7. The minimum atomic E-state index is -4.66. The Hall–Kier alpha value is -2.58. The number of nitrogens with zero attached hydrogens (tertiary/aromatic N) is 1. The van der Waals surface area contributed by atoms with Gasteiger partial charge in [-0.25, -0.2) is 0 Å². The van der Waals surface area contributed by atoms with E-state index in [1.807, 2.05) is 12.1 Å². The molecule has 3 aromatic rings. The Morgan fingerprint density at radius 1 is 1.12 bits per heavy atom. The van der Waals surface area contributed by atoms with Gasteiger partial charge < -0.3 is 14.4 Å². The first-order chi connectivity index (χ1) is 16.0. The van der Waals surface area contributed by atoms with Gasteiger partial charge in [0.05, 0.1) is 0 Å². The molecule has 2 aromatic carbocycles. The molecule has 5 nitrogen and oxygen atoms in total. The average molecular weight is 477 g/mol. The number of carbonyl (C=O) groups is 1. The van der Waals surface area contributed by atoms with Gasteiger partial charge >= 0.3 is 12.1 Å². The van der Waals surface area contributed by atoms with Crippen LogP contribution in [0.3, 0.4) is 0 Å². The molecule has 2 heterocycles. The van der Waals surface area contributed by atoms with E-state index in [1.165, 1.54) is 17.7 Å². The van der Waals surface area contributed by atoms with Crippen LogP contribution >= 0.6 is 0 Å². The van der Waals surface area contributed by atoms with Crippen molar-refractivity contribution >= 4 is 27.9 Å². The molecule has 0 bridgehead atoms. The summed E-state index contributed by atoms with van der Waals surface area (Å²) in [5, 5.41) is 13.4. The average Bonchev–Trinajstić information content (AvgIpc) is 3.12. The van der Waals surface area contributed by atoms with Crippen molar-refractivity contribution in [1.82, 2.24) is 10.2 Å². The van der Waals surface area contributed by atoms with Crippen molar-refractivity contribution in [2.45, 2.75) is 57.3 Å². The van der Waals surface area contributed by atoms with E-state index in [0.29, 0.717) is 17.1 Å². The number of nitrogens with one attached hydrogen (secondary N) is 1. The maximum atomic E-state index is 14.0. The molecule has 1 aromatic heterocycles. The second-order valence-corrected chi connectivity index (χ2v) is 9.85. The number of benzene rings is 2. The molecule has 0 aliphatic carbocycles. The molecule has 1 fully saturated rings. The van der Waals surface area contributed by atoms with E-state index in [0.717, 1.165) is 36.7 Å². The van der Waals surface area contributed by atoms with Gasteiger partial charge in [0.15, 0.2) is 0 Å². The van der Waals surface area contributed by atoms with Crippen molar-refractivity contribution < 1.29 is 27.5 Å². The number of furan rings is 1. The highest BCUT2D eigenvalue weighted by Gasteiger charge is 2.43. The molecule has 34 heavy (non-hydrogen) atoms. The lowest BCUT2D eigenvalue weighted by atomic mass is 9.89. The molecule has 0 unspecified atom stereocenters. The number of hydrogen-bond donors (Lipinski definition) is 2. The summed E-state index contributed by atoms with van der Waals surface area (Å²) in [5.41, 5.74) is 2.15. The molecule has 184 valence electrons. The number of aliphatic carboxylic acids is 1. The van der Waals surface area contributed by atoms with Crippen molar-refractivity contribution in [3.63, 3.8) is 0 Å². The second kappa shape index (κ2) is 9.58. The summed E-state index contributed by atoms with van der Waals surface area (Å²) in [7, 11) is 2.12. The number of piperidine rings is 1. The van der Waals surface area contributed by atoms with Crippen LogP contribution in [0.5, 0.6) is 0 Å². The van der Waals surface area contributed by atoms with Crippen molar-refractivity contribution in [3.8, 4) is 0 Å². The minimum absolute atomic E-state index is 0.0652. The van der Waals surface area contributed by atoms with Gasteiger partial charge in [0.2, 0.25) is 0 Å². The molecular weight excluding hydrogens is 445 g/mol. The van der Waals surface area contributed by atoms with E-state index in [-0.39, 0.29) is 17.9 Å². The van der Waals surface area contributed by atoms with Crippen LogP contribution in [0.15, 0.2) is 40.8 Å². The predicted octanol–water partition coefficient (Wildman–Crippen LogP) is 6.09. The Kier molecular flexibility index (Phi) is 6.92. The van der Waals surface area contributed by atoms with E-state index in [9.17, 15) is 23.1 Å². The first-order valence-electron chi connectivity index (χ1n) is 11.7. The van der Waals surface area contributed by atoms with E-state index in [1.54, 1.807) is 19.9 Å². The fourth-order valence-corrected chi connectivity index (χ4v) is 4.88. The molecule has 2 N–H and O–H groups in total. The largest absolute Gasteiger partial charge is 0.480 e. The minimum Gasteiger partial charge on any atom is -0.480 e. The molecule has 0 amide bonds. The maximum absolute atomic E-state index is 14.0. The number of rotatable bonds is 7. The number of carboxylic acid groups (broad SMARTS) is 1. The van der Waals surface area contributed by atoms with Gasteiger partial charge in [0, 0.05) is 10.8 Å². The van der Waals surface area contributed by atoms with Gasteiger partial charge in [0.25, 0.3) is 0 Å². The van der Waals surface area contributed by atoms with Crippen molar-refractivity contribution in [2.24, 2.45) is 5.92 Å². The molecule has 8 heteroatoms. The van der Waals surface area contributed by atoms with Crippen molar-refractivity contribution in [3.05, 3.63) is 47.5 Å². The fourth-order valence-electron chi connectivity index (χ4n) is 4.88. The number of likely N-dealkylation sites (tertiary alicyclic amines) is 1. The van der Waals surface area contributed by atoms with Crippen LogP contribution in [0, 0.1) is 5.92 Å². The zero-order valence-corrected chi connectivity index (χ0v) is 19.7. The highest BCUT2D eigenvalue weighted by atomic mass is 19.4. The molecule has 0 spiro atoms. The number of fused-ring (bicyclic) bond motifs is 3. The zero-order chi connectivity index (χ0) is 24.6. The third-order valence-corrected chi connectivity index (χ3v) is 6.74. The monoisotopic (exact) mass is 476 g/mol. The Bertz CT molecular complexity index is 1160. The quantitative estimate of drug-likeness (QED) is 0.432. The van der Waals surface area contributed by atoms with Crippen LogP contribution in [-0.4, -0.2) is 48.3 Å². The second-order valence-electron chi connectivity index (χ2n) is 9.85. The summed E-state index contributed by atoms with van der Waals surface area (Å²) >= 11 is 0. The van der Waals surface area contributed by atoms with Gasteiger partial charge in [-0.15, -0.1) is 0 Å². The summed E-state index contributed by atoms with van der Waals surface area (Å²) in [4.78, 5) is 13.9. The van der Waals surface area contributed by atoms with Crippen LogP contribution in [0.2, 0.25) is 0 Å². The molecule has 0 radical (unpaired) electrons. The first kappa shape index (κ1) is 24.5. The topological polar surface area (TPSA) is 65.7 Å². The lowest BCUT2D eigenvalue weighted by Gasteiger charge is -2.29. The summed E-state index contributed by atoms with van der Waals surface area (Å²) < 4.78 is 47.8. The lowest BCUT2D eigenvalue weighted by molar-refractivity contribution is -0.163. The van der Waals surface area contributed by atoms with Crippen LogP contribution in [0.1, 0.15) is 56.2 Å². The highest BCUT2D eigenvalue weighted by molar-refractivity contribution is 6.05. The van der Waals surface area contributed by atoms with Gasteiger partial charge in [-0.1, -0.05) is 32.0 Å². The summed E-state index contributed by atoms with van der Waals surface area (Å²) in [5.74, 6) is -0.911. The maximum Gasteiger partial charge on any atom is 0.407 e. The Morgan fingerprint density at radius 2 is 1.82 bits per heavy atom. The van der Waals surface area contributed by atoms with Gasteiger partial charge in [-0.2, -0.15) is 13.2 Å². The van der Waals surface area contributed by atoms with Gasteiger partial charge in [-0.3, -0.25) is 10.1 Å². The molecule has 1 saturated heterocycles. The zero-order valence-electron chi connectivity index (χ0n) is 19.7. The summed E-state index contributed by atoms with van der Waals surface area (Å²) in [6, 6.07) is 7.06. The third kappa shape index (κ3) is 5.23. The van der Waals surface area contributed by atoms with Crippen LogP contribution < -0.4 is 5.32 Å². The van der Waals surface area contributed by atoms with Crippen LogP contribution in [0.25, 0.3) is 21.9 Å². The Morgan fingerprint density at radius 3 is 2.44 bits per heavy atom. The number of alkyl halides is 3. The third-order valence-electron chi connectivity index (χ3n) is 6.74. The fraction of sp³-hybridized carbons (Fsp3) is 0.500. The molecule has 1 aliphatic rings. The number of hydrogen-bond acceptors (Lipinski definition) is 4. The number of halogens is 3. The SMILES string of the molecule is CC(C)C[C@H](N[C@@H](c1ccc2c(c1)oc1ccc(C3CCN(C)CC3)cc12)C(F)(F)F)C(=O)O. The summed E-state index contributed by atoms with van der Waals surface area (Å²) in [6.07, 6.45) is -2.43. The smallest absolute Gasteiger partial charge is 0.407 e. The van der Waals surface area contributed by atoms with E-state index < -0.39 is 24.2 Å². The summed E-state index contributed by atoms with van der Waals surface area (Å²) in [6.45, 7) is 5.64. The Balaban J connectivity index is 1.68. The molecule has 2 atom stereocenters. The van der Waals surface area contributed by atoms with Gasteiger partial charge in [-0.05, 0) is 80.6 Å². The molecular formula is C26H31F3N2O3. The predicted molar refractivity (Wildman–Crippen MR) is 126 cm³/mol. The van der Waals surface area contributed by atoms with Crippen LogP contribution in [-0.2, 0) is 4.79 Å².